The normalized spacial score (nSPS) is 14.8. The second-order valence-electron chi connectivity index (χ2n) is 21.0. The number of ether oxygens (including phenoxy) is 4. The van der Waals surface area contributed by atoms with E-state index in [9.17, 15) is 9.59 Å². The predicted octanol–water partition coefficient (Wildman–Crippen LogP) is 7.56. The molecule has 0 aliphatic rings. The van der Waals surface area contributed by atoms with Gasteiger partial charge in [-0.1, -0.05) is 142 Å². The van der Waals surface area contributed by atoms with E-state index in [2.05, 4.69) is 69.5 Å². The van der Waals surface area contributed by atoms with Gasteiger partial charge in [0.2, 0.25) is 12.1 Å². The van der Waals surface area contributed by atoms with E-state index in [1.807, 2.05) is 0 Å². The molecule has 0 saturated heterocycles. The van der Waals surface area contributed by atoms with Gasteiger partial charge < -0.3 is 75.9 Å². The Hall–Kier alpha value is 0.240. The number of likely N-dealkylation sites (N-methyl/N-ethyl adjacent to an activating group) is 2. The molecule has 0 aromatic heterocycles. The minimum absolute atomic E-state index is 0. The first-order valence-electron chi connectivity index (χ1n) is 25.6. The highest BCUT2D eigenvalue weighted by Crippen LogP contribution is 2.24. The zero-order valence-electron chi connectivity index (χ0n) is 43.3. The highest BCUT2D eigenvalue weighted by molar-refractivity contribution is 5.75. The molecule has 4 atom stereocenters. The quantitative estimate of drug-likeness (QED) is 0.0273. The molecule has 0 rings (SSSR count). The number of unbranched alkanes of at least 4 members (excludes halogenated alkanes) is 25. The molecule has 0 heterocycles. The Labute approximate surface area is 420 Å². The lowest BCUT2D eigenvalue weighted by Gasteiger charge is -2.41. The van der Waals surface area contributed by atoms with Gasteiger partial charge in [0.05, 0.1) is 65.7 Å². The number of hydrogen-bond donors (Lipinski definition) is 0. The first-order valence-corrected chi connectivity index (χ1v) is 25.6. The van der Waals surface area contributed by atoms with Gasteiger partial charge in [-0.15, -0.1) is 0 Å². The molecule has 374 valence electrons. The summed E-state index contributed by atoms with van der Waals surface area (Å²) >= 11 is 0. The van der Waals surface area contributed by atoms with Crippen molar-refractivity contribution in [3.63, 3.8) is 0 Å². The van der Waals surface area contributed by atoms with Crippen LogP contribution in [0.1, 0.15) is 235 Å². The molecule has 0 fully saturated rings. The molecule has 0 aromatic rings. The van der Waals surface area contributed by atoms with Crippen molar-refractivity contribution in [2.45, 2.75) is 258 Å². The van der Waals surface area contributed by atoms with E-state index in [0.29, 0.717) is 22.2 Å². The van der Waals surface area contributed by atoms with Gasteiger partial charge in [0.1, 0.15) is 13.2 Å². The van der Waals surface area contributed by atoms with Crippen LogP contribution in [-0.2, 0) is 28.5 Å². The first kappa shape index (κ1) is 66.5. The third-order valence-electron chi connectivity index (χ3n) is 12.9. The third kappa shape index (κ3) is 35.4. The Morgan fingerprint density at radius 3 is 0.758 bits per heavy atom. The summed E-state index contributed by atoms with van der Waals surface area (Å²) in [6.45, 7) is 21.6. The molecule has 0 spiro atoms. The largest absolute Gasteiger partial charge is 1.00 e. The lowest BCUT2D eigenvalue weighted by molar-refractivity contribution is -0.926. The highest BCUT2D eigenvalue weighted by Gasteiger charge is 2.41. The monoisotopic (exact) mass is 1110 g/mol. The smallest absolute Gasteiger partial charge is 0.367 e. The summed E-state index contributed by atoms with van der Waals surface area (Å²) in [4.78, 5) is 26.4. The average molecular weight is 1110 g/mol. The van der Waals surface area contributed by atoms with E-state index in [-0.39, 0.29) is 83.2 Å². The highest BCUT2D eigenvalue weighted by atomic mass is 127. The van der Waals surface area contributed by atoms with Gasteiger partial charge in [0, 0.05) is 0 Å². The number of quaternary nitrogens is 2. The lowest BCUT2D eigenvalue weighted by atomic mass is 10.0. The van der Waals surface area contributed by atoms with Crippen molar-refractivity contribution in [2.75, 3.05) is 67.7 Å². The maximum absolute atomic E-state index is 13.2. The average Bonchev–Trinajstić information content (AvgIpc) is 3.19. The fourth-order valence-electron chi connectivity index (χ4n) is 8.71. The third-order valence-corrected chi connectivity index (χ3v) is 12.9. The predicted molar refractivity (Wildman–Crippen MR) is 255 cm³/mol. The summed E-state index contributed by atoms with van der Waals surface area (Å²) in [5, 5.41) is 0. The zero-order valence-corrected chi connectivity index (χ0v) is 47.6. The van der Waals surface area contributed by atoms with E-state index in [1.54, 1.807) is 0 Å². The fourth-order valence-corrected chi connectivity index (χ4v) is 8.71. The zero-order chi connectivity index (χ0) is 45.2. The van der Waals surface area contributed by atoms with Crippen LogP contribution in [-0.4, -0.2) is 112 Å². The van der Waals surface area contributed by atoms with Gasteiger partial charge in [-0.3, -0.25) is 0 Å². The van der Waals surface area contributed by atoms with Crippen LogP contribution in [0.3, 0.4) is 0 Å². The Bertz CT molecular complexity index is 958. The molecule has 0 aromatic carbocycles. The number of esters is 2. The fraction of sp³-hybridized carbons (Fsp3) is 0.962. The Morgan fingerprint density at radius 2 is 0.581 bits per heavy atom. The molecular weight excluding hydrogens is 1000 g/mol. The molecule has 0 saturated carbocycles. The number of methoxy groups -OCH3 is 2. The summed E-state index contributed by atoms with van der Waals surface area (Å²) in [5.74, 6) is -0.293. The van der Waals surface area contributed by atoms with Crippen LogP contribution in [0.15, 0.2) is 0 Å². The van der Waals surface area contributed by atoms with Crippen LogP contribution < -0.4 is 48.0 Å². The molecular formula is C52H106I2N2O6. The molecule has 0 N–H and O–H groups in total. The number of hydrogen-bond acceptors (Lipinski definition) is 6. The maximum atomic E-state index is 13.2. The van der Waals surface area contributed by atoms with Crippen LogP contribution in [0.4, 0.5) is 0 Å². The van der Waals surface area contributed by atoms with Crippen molar-refractivity contribution in [1.82, 2.24) is 0 Å². The van der Waals surface area contributed by atoms with Crippen molar-refractivity contribution in [3.05, 3.63) is 0 Å². The van der Waals surface area contributed by atoms with Crippen LogP contribution in [0.2, 0.25) is 0 Å². The van der Waals surface area contributed by atoms with E-state index < -0.39 is 0 Å². The second kappa shape index (κ2) is 40.3. The molecule has 2 unspecified atom stereocenters. The second-order valence-corrected chi connectivity index (χ2v) is 21.0. The Morgan fingerprint density at radius 1 is 0.387 bits per heavy atom. The van der Waals surface area contributed by atoms with Gasteiger partial charge in [-0.2, -0.15) is 0 Å². The molecule has 0 aliphatic carbocycles. The van der Waals surface area contributed by atoms with E-state index >= 15 is 0 Å². The summed E-state index contributed by atoms with van der Waals surface area (Å²) in [7, 11) is 7.58. The molecule has 0 aliphatic heterocycles. The number of rotatable bonds is 41. The summed E-state index contributed by atoms with van der Waals surface area (Å²) in [6.07, 6.45) is 35.7. The molecule has 0 radical (unpaired) electrons. The van der Waals surface area contributed by atoms with Gasteiger partial charge in [0.15, 0.2) is 0 Å². The summed E-state index contributed by atoms with van der Waals surface area (Å²) in [6, 6.07) is -0.610. The van der Waals surface area contributed by atoms with Crippen molar-refractivity contribution in [3.8, 4) is 0 Å². The molecule has 0 amide bonds. The first-order chi connectivity index (χ1) is 28.5. The minimum Gasteiger partial charge on any atom is -1.00 e. The number of nitrogens with zero attached hydrogens (tertiary/aromatic N) is 2. The van der Waals surface area contributed by atoms with Crippen molar-refractivity contribution in [1.29, 1.82) is 0 Å². The standard InChI is InChI=1S/C52H106N2O6.2HI/c1-13-15-17-19-21-23-25-29-33-37-41-53(9,47(49(55)57-11)45-59-51(3,4)5)43-39-35-31-27-28-32-36-40-44-54(10,48(50(56)58-12)46-60-52(6,7)8)42-38-34-30-26-24-22-20-18-16-14-2;;/h47-48H,13-46H2,1-12H3;2*1H/q+2;;/p-2/t47-,48-,53?,54?;;/m0../s1. The summed E-state index contributed by atoms with van der Waals surface area (Å²) in [5.41, 5.74) is -0.607. The van der Waals surface area contributed by atoms with Gasteiger partial charge in [0.25, 0.3) is 0 Å². The SMILES string of the molecule is CCCCCCCCCCCC[N+](C)(CCCCCCCCCC[N+](C)(CCCCCCCCCCCC)[C@@H](COC(C)(C)C)C(=O)OC)[C@@H](COC(C)(C)C)C(=O)OC.[I-].[I-]. The van der Waals surface area contributed by atoms with E-state index in [0.717, 1.165) is 51.9 Å². The van der Waals surface area contributed by atoms with Crippen molar-refractivity contribution in [2.24, 2.45) is 0 Å². The maximum Gasteiger partial charge on any atom is 0.367 e. The van der Waals surface area contributed by atoms with Crippen LogP contribution >= 0.6 is 0 Å². The van der Waals surface area contributed by atoms with Gasteiger partial charge in [-0.05, 0) is 92.9 Å². The minimum atomic E-state index is -0.305. The van der Waals surface area contributed by atoms with Crippen molar-refractivity contribution < 1.29 is 85.5 Å². The Balaban J connectivity index is -0.0000174. The van der Waals surface area contributed by atoms with Crippen molar-refractivity contribution >= 4 is 11.9 Å². The van der Waals surface area contributed by atoms with E-state index in [1.165, 1.54) is 168 Å². The van der Waals surface area contributed by atoms with E-state index in [4.69, 9.17) is 18.9 Å². The molecule has 62 heavy (non-hydrogen) atoms. The van der Waals surface area contributed by atoms with Gasteiger partial charge in [-0.25, -0.2) is 9.59 Å². The molecule has 10 heteroatoms. The van der Waals surface area contributed by atoms with Crippen LogP contribution in [0, 0.1) is 0 Å². The van der Waals surface area contributed by atoms with Gasteiger partial charge >= 0.3 is 11.9 Å². The summed E-state index contributed by atoms with van der Waals surface area (Å²) < 4.78 is 24.6. The molecule has 8 nitrogen and oxygen atoms in total. The van der Waals surface area contributed by atoms with Crippen LogP contribution in [0.25, 0.3) is 0 Å². The topological polar surface area (TPSA) is 71.1 Å². The Kier molecular flexibility index (Phi) is 43.3. The van der Waals surface area contributed by atoms with Crippen LogP contribution in [0.5, 0.6) is 0 Å². The number of carbonyl (C=O) groups is 2. The lowest BCUT2D eigenvalue weighted by Crippen LogP contribution is -3.00. The molecule has 0 bridgehead atoms. The number of halogens is 2. The number of carbonyl (C=O) groups excluding carboxylic acids is 2.